The minimum Gasteiger partial charge on any atom is -0.475 e. The summed E-state index contributed by atoms with van der Waals surface area (Å²) in [6.07, 6.45) is 0.902. The zero-order chi connectivity index (χ0) is 21.0. The number of hydrogen-bond acceptors (Lipinski definition) is 5. The second kappa shape index (κ2) is 9.20. The Morgan fingerprint density at radius 2 is 2.00 bits per heavy atom. The summed E-state index contributed by atoms with van der Waals surface area (Å²) in [5.41, 5.74) is 0.726. The van der Waals surface area contributed by atoms with Crippen LogP contribution >= 0.6 is 0 Å². The Balaban J connectivity index is 1.78. The number of carbonyl (C=O) groups is 1. The highest BCUT2D eigenvalue weighted by Crippen LogP contribution is 2.33. The molecule has 3 rings (SSSR count). The molecule has 0 amide bonds. The first-order valence-corrected chi connectivity index (χ1v) is 9.91. The summed E-state index contributed by atoms with van der Waals surface area (Å²) < 4.78 is 40.2. The topological polar surface area (TPSA) is 51.7 Å². The molecule has 0 radical (unpaired) electrons. The van der Waals surface area contributed by atoms with E-state index in [1.54, 1.807) is 30.0 Å². The van der Waals surface area contributed by atoms with Gasteiger partial charge in [-0.2, -0.15) is 0 Å². The number of ether oxygens (including phenoxy) is 2. The van der Waals surface area contributed by atoms with Gasteiger partial charge in [0.05, 0.1) is 24.8 Å². The van der Waals surface area contributed by atoms with Gasteiger partial charge in [0.25, 0.3) is 0 Å². The monoisotopic (exact) mass is 404 g/mol. The number of nitrogens with zero attached hydrogens (tertiary/aromatic N) is 2. The molecule has 1 aliphatic rings. The Hall–Kier alpha value is -2.70. The molecule has 156 valence electrons. The van der Waals surface area contributed by atoms with Gasteiger partial charge in [0.1, 0.15) is 17.3 Å². The number of halogens is 2. The Kier molecular flexibility index (Phi) is 6.67. The van der Waals surface area contributed by atoms with E-state index < -0.39 is 11.6 Å². The van der Waals surface area contributed by atoms with Crippen LogP contribution in [0, 0.1) is 17.6 Å². The van der Waals surface area contributed by atoms with Crippen molar-refractivity contribution in [1.29, 1.82) is 0 Å². The van der Waals surface area contributed by atoms with Gasteiger partial charge in [-0.3, -0.25) is 4.79 Å². The number of esters is 1. The molecular formula is C22H26F2N2O3. The van der Waals surface area contributed by atoms with Crippen LogP contribution in [0.4, 0.5) is 14.5 Å². The third kappa shape index (κ3) is 5.22. The summed E-state index contributed by atoms with van der Waals surface area (Å²) in [6, 6.07) is 7.71. The molecule has 0 saturated carbocycles. The number of aromatic nitrogens is 1. The van der Waals surface area contributed by atoms with Crippen molar-refractivity contribution in [2.24, 2.45) is 5.92 Å². The quantitative estimate of drug-likeness (QED) is 0.632. The zero-order valence-electron chi connectivity index (χ0n) is 17.0. The summed E-state index contributed by atoms with van der Waals surface area (Å²) in [4.78, 5) is 17.7. The van der Waals surface area contributed by atoms with Crippen LogP contribution in [0.5, 0.6) is 5.88 Å². The highest BCUT2D eigenvalue weighted by Gasteiger charge is 2.29. The van der Waals surface area contributed by atoms with Crippen LogP contribution < -0.4 is 9.64 Å². The van der Waals surface area contributed by atoms with Crippen molar-refractivity contribution in [2.45, 2.75) is 39.7 Å². The molecule has 1 unspecified atom stereocenters. The van der Waals surface area contributed by atoms with E-state index in [0.717, 1.165) is 0 Å². The molecule has 1 atom stereocenters. The van der Waals surface area contributed by atoms with Gasteiger partial charge in [0.15, 0.2) is 0 Å². The molecular weight excluding hydrogens is 378 g/mol. The molecule has 1 fully saturated rings. The summed E-state index contributed by atoms with van der Waals surface area (Å²) in [5, 5.41) is 0. The molecule has 29 heavy (non-hydrogen) atoms. The molecule has 0 bridgehead atoms. The summed E-state index contributed by atoms with van der Waals surface area (Å²) >= 11 is 0. The van der Waals surface area contributed by atoms with Crippen LogP contribution in [0.25, 0.3) is 11.3 Å². The maximum absolute atomic E-state index is 14.8. The standard InChI is InChI=1S/C22H26F2N2O3/c1-4-28-21(27)10-15-8-9-26(13-15)22-17(23)11-16(12-18(22)24)19-6-5-7-20(25-19)29-14(2)3/h5-7,11-12,14-15H,4,8-10,13H2,1-3H3. The highest BCUT2D eigenvalue weighted by atomic mass is 19.1. The van der Waals surface area contributed by atoms with Crippen LogP contribution in [-0.4, -0.2) is 36.8 Å². The van der Waals surface area contributed by atoms with Crippen LogP contribution in [0.2, 0.25) is 0 Å². The molecule has 1 aromatic heterocycles. The third-order valence-electron chi connectivity index (χ3n) is 4.76. The van der Waals surface area contributed by atoms with Gasteiger partial charge in [-0.05, 0) is 51.3 Å². The first-order chi connectivity index (χ1) is 13.9. The maximum atomic E-state index is 14.8. The number of benzene rings is 1. The second-order valence-electron chi connectivity index (χ2n) is 7.43. The van der Waals surface area contributed by atoms with Crippen LogP contribution in [-0.2, 0) is 9.53 Å². The maximum Gasteiger partial charge on any atom is 0.306 e. The van der Waals surface area contributed by atoms with Gasteiger partial charge in [0, 0.05) is 24.7 Å². The van der Waals surface area contributed by atoms with E-state index in [0.29, 0.717) is 43.3 Å². The molecule has 1 aliphatic heterocycles. The van der Waals surface area contributed by atoms with E-state index in [4.69, 9.17) is 9.47 Å². The predicted octanol–water partition coefficient (Wildman–Crippen LogP) is 4.59. The predicted molar refractivity (Wildman–Crippen MR) is 107 cm³/mol. The molecule has 0 aliphatic carbocycles. The summed E-state index contributed by atoms with van der Waals surface area (Å²) in [5.74, 6) is -1.13. The lowest BCUT2D eigenvalue weighted by molar-refractivity contribution is -0.144. The average Bonchev–Trinajstić information content (AvgIpc) is 3.08. The Labute approximate surface area is 169 Å². The highest BCUT2D eigenvalue weighted by molar-refractivity contribution is 5.70. The van der Waals surface area contributed by atoms with Crippen molar-refractivity contribution in [3.05, 3.63) is 42.0 Å². The van der Waals surface area contributed by atoms with E-state index in [2.05, 4.69) is 4.98 Å². The number of rotatable bonds is 7. The molecule has 2 heterocycles. The molecule has 0 N–H and O–H groups in total. The SMILES string of the molecule is CCOC(=O)CC1CCN(c2c(F)cc(-c3cccc(OC(C)C)n3)cc2F)C1. The van der Waals surface area contributed by atoms with Gasteiger partial charge in [-0.15, -0.1) is 0 Å². The number of hydrogen-bond donors (Lipinski definition) is 0. The molecule has 7 heteroatoms. The van der Waals surface area contributed by atoms with E-state index in [9.17, 15) is 13.6 Å². The lowest BCUT2D eigenvalue weighted by Gasteiger charge is -2.21. The first-order valence-electron chi connectivity index (χ1n) is 9.91. The lowest BCUT2D eigenvalue weighted by Crippen LogP contribution is -2.23. The number of anilines is 1. The van der Waals surface area contributed by atoms with E-state index in [-0.39, 0.29) is 30.1 Å². The average molecular weight is 404 g/mol. The van der Waals surface area contributed by atoms with Crippen molar-refractivity contribution >= 4 is 11.7 Å². The normalized spacial score (nSPS) is 16.3. The Bertz CT molecular complexity index is 850. The second-order valence-corrected chi connectivity index (χ2v) is 7.43. The number of carbonyl (C=O) groups excluding carboxylic acids is 1. The molecule has 2 aromatic rings. The van der Waals surface area contributed by atoms with Gasteiger partial charge in [-0.1, -0.05) is 6.07 Å². The van der Waals surface area contributed by atoms with Crippen LogP contribution in [0.3, 0.4) is 0 Å². The van der Waals surface area contributed by atoms with Crippen molar-refractivity contribution < 1.29 is 23.0 Å². The minimum atomic E-state index is -0.645. The largest absolute Gasteiger partial charge is 0.475 e. The van der Waals surface area contributed by atoms with Crippen molar-refractivity contribution in [3.8, 4) is 17.1 Å². The fourth-order valence-corrected chi connectivity index (χ4v) is 3.56. The molecule has 5 nitrogen and oxygen atoms in total. The minimum absolute atomic E-state index is 0.0269. The first kappa shape index (κ1) is 21.0. The molecule has 1 aromatic carbocycles. The lowest BCUT2D eigenvalue weighted by atomic mass is 10.1. The fraction of sp³-hybridized carbons (Fsp3) is 0.455. The Morgan fingerprint density at radius 3 is 2.66 bits per heavy atom. The molecule has 1 saturated heterocycles. The number of pyridine rings is 1. The zero-order valence-corrected chi connectivity index (χ0v) is 17.0. The van der Waals surface area contributed by atoms with Crippen LogP contribution in [0.15, 0.2) is 30.3 Å². The van der Waals surface area contributed by atoms with Gasteiger partial charge in [-0.25, -0.2) is 13.8 Å². The van der Waals surface area contributed by atoms with Crippen molar-refractivity contribution in [3.63, 3.8) is 0 Å². The van der Waals surface area contributed by atoms with Crippen molar-refractivity contribution in [2.75, 3.05) is 24.6 Å². The van der Waals surface area contributed by atoms with Gasteiger partial charge < -0.3 is 14.4 Å². The third-order valence-corrected chi connectivity index (χ3v) is 4.76. The summed E-state index contributed by atoms with van der Waals surface area (Å²) in [6.45, 7) is 6.76. The Morgan fingerprint density at radius 1 is 1.28 bits per heavy atom. The van der Waals surface area contributed by atoms with Gasteiger partial charge in [0.2, 0.25) is 5.88 Å². The van der Waals surface area contributed by atoms with Crippen LogP contribution in [0.1, 0.15) is 33.6 Å². The van der Waals surface area contributed by atoms with Crippen molar-refractivity contribution in [1.82, 2.24) is 4.98 Å². The fourth-order valence-electron chi connectivity index (χ4n) is 3.56. The van der Waals surface area contributed by atoms with E-state index >= 15 is 0 Å². The van der Waals surface area contributed by atoms with E-state index in [1.165, 1.54) is 12.1 Å². The smallest absolute Gasteiger partial charge is 0.306 e. The van der Waals surface area contributed by atoms with Gasteiger partial charge >= 0.3 is 5.97 Å². The summed E-state index contributed by atoms with van der Waals surface area (Å²) in [7, 11) is 0. The van der Waals surface area contributed by atoms with E-state index in [1.807, 2.05) is 13.8 Å². The molecule has 0 spiro atoms.